The van der Waals surface area contributed by atoms with Gasteiger partial charge in [-0.1, -0.05) is 48.5 Å². The summed E-state index contributed by atoms with van der Waals surface area (Å²) in [7, 11) is 1.51. The summed E-state index contributed by atoms with van der Waals surface area (Å²) in [5, 5.41) is 2.83. The van der Waals surface area contributed by atoms with E-state index in [1.807, 2.05) is 60.7 Å². The molecule has 2 aromatic carbocycles. The third-order valence-electron chi connectivity index (χ3n) is 3.59. The number of carbonyl (C=O) groups is 1. The second-order valence-electron chi connectivity index (χ2n) is 5.25. The normalized spacial score (nSPS) is 11.9. The van der Waals surface area contributed by atoms with E-state index < -0.39 is 6.10 Å². The van der Waals surface area contributed by atoms with Crippen molar-refractivity contribution in [3.63, 3.8) is 0 Å². The molecule has 0 spiro atoms. The molecule has 0 aliphatic rings. The lowest BCUT2D eigenvalue weighted by Gasteiger charge is -2.14. The molecule has 1 amide bonds. The number of nitrogens with one attached hydrogen (secondary N) is 1. The monoisotopic (exact) mass is 322 g/mol. The number of oxazole rings is 1. The highest BCUT2D eigenvalue weighted by atomic mass is 16.5. The number of hydrogen-bond donors (Lipinski definition) is 1. The molecule has 0 radical (unpaired) electrons. The summed E-state index contributed by atoms with van der Waals surface area (Å²) in [6.07, 6.45) is 0.902. The Hall–Kier alpha value is -2.92. The molecule has 0 saturated heterocycles. The second kappa shape index (κ2) is 7.57. The minimum Gasteiger partial charge on any atom is -0.444 e. The van der Waals surface area contributed by atoms with Gasteiger partial charge in [-0.3, -0.25) is 4.79 Å². The Bertz CT molecular complexity index is 785. The summed E-state index contributed by atoms with van der Waals surface area (Å²) in [6.45, 7) is 0.280. The van der Waals surface area contributed by atoms with Gasteiger partial charge in [0, 0.05) is 12.7 Å². The van der Waals surface area contributed by atoms with Crippen LogP contribution in [0.15, 0.2) is 71.3 Å². The number of aromatic nitrogens is 1. The van der Waals surface area contributed by atoms with Crippen molar-refractivity contribution in [2.75, 3.05) is 7.11 Å². The fourth-order valence-corrected chi connectivity index (χ4v) is 2.39. The van der Waals surface area contributed by atoms with Crippen LogP contribution in [-0.2, 0) is 16.1 Å². The summed E-state index contributed by atoms with van der Waals surface area (Å²) >= 11 is 0. The molecule has 0 aliphatic heterocycles. The van der Waals surface area contributed by atoms with Crippen molar-refractivity contribution in [1.29, 1.82) is 0 Å². The van der Waals surface area contributed by atoms with Gasteiger partial charge in [0.2, 0.25) is 5.89 Å². The van der Waals surface area contributed by atoms with E-state index in [9.17, 15) is 4.79 Å². The van der Waals surface area contributed by atoms with Crippen molar-refractivity contribution in [3.8, 4) is 11.5 Å². The number of ether oxygens (including phenoxy) is 1. The molecule has 5 nitrogen and oxygen atoms in total. The first-order valence-corrected chi connectivity index (χ1v) is 7.63. The van der Waals surface area contributed by atoms with E-state index in [-0.39, 0.29) is 12.5 Å². The van der Waals surface area contributed by atoms with Crippen molar-refractivity contribution in [1.82, 2.24) is 10.3 Å². The van der Waals surface area contributed by atoms with Gasteiger partial charge < -0.3 is 14.5 Å². The molecular weight excluding hydrogens is 304 g/mol. The standard InChI is InChI=1S/C19H18N2O3/c1-23-17(14-8-4-2-5-9-14)18(22)20-12-16-13-24-19(21-16)15-10-6-3-7-11-15/h2-11,13,17H,12H2,1H3,(H,20,22)/t17-/m0/s1. The van der Waals surface area contributed by atoms with Gasteiger partial charge in [-0.2, -0.15) is 0 Å². The lowest BCUT2D eigenvalue weighted by Crippen LogP contribution is -2.30. The van der Waals surface area contributed by atoms with Gasteiger partial charge in [0.1, 0.15) is 6.26 Å². The van der Waals surface area contributed by atoms with E-state index >= 15 is 0 Å². The Balaban J connectivity index is 1.63. The summed E-state index contributed by atoms with van der Waals surface area (Å²) in [5.41, 5.74) is 2.36. The van der Waals surface area contributed by atoms with Gasteiger partial charge in [-0.25, -0.2) is 4.98 Å². The van der Waals surface area contributed by atoms with Crippen LogP contribution in [0.3, 0.4) is 0 Å². The minimum absolute atomic E-state index is 0.215. The number of hydrogen-bond acceptors (Lipinski definition) is 4. The second-order valence-corrected chi connectivity index (χ2v) is 5.25. The molecule has 3 rings (SSSR count). The highest BCUT2D eigenvalue weighted by Gasteiger charge is 2.19. The van der Waals surface area contributed by atoms with Crippen LogP contribution in [0, 0.1) is 0 Å². The third-order valence-corrected chi connectivity index (χ3v) is 3.59. The highest BCUT2D eigenvalue weighted by Crippen LogP contribution is 2.19. The van der Waals surface area contributed by atoms with Gasteiger partial charge >= 0.3 is 0 Å². The number of carbonyl (C=O) groups excluding carboxylic acids is 1. The lowest BCUT2D eigenvalue weighted by molar-refractivity contribution is -0.131. The average Bonchev–Trinajstić information content (AvgIpc) is 3.11. The predicted molar refractivity (Wildman–Crippen MR) is 90.0 cm³/mol. The summed E-state index contributed by atoms with van der Waals surface area (Å²) in [5.74, 6) is 0.319. The molecule has 1 heterocycles. The lowest BCUT2D eigenvalue weighted by atomic mass is 10.1. The fraction of sp³-hybridized carbons (Fsp3) is 0.158. The maximum Gasteiger partial charge on any atom is 0.254 e. The summed E-state index contributed by atoms with van der Waals surface area (Å²) < 4.78 is 10.8. The highest BCUT2D eigenvalue weighted by molar-refractivity contribution is 5.82. The SMILES string of the molecule is CO[C@H](C(=O)NCc1coc(-c2ccccc2)n1)c1ccccc1. The van der Waals surface area contributed by atoms with E-state index in [1.54, 1.807) is 6.26 Å². The zero-order chi connectivity index (χ0) is 16.8. The molecule has 24 heavy (non-hydrogen) atoms. The van der Waals surface area contributed by atoms with Crippen molar-refractivity contribution >= 4 is 5.91 Å². The molecule has 0 saturated carbocycles. The summed E-state index contributed by atoms with van der Waals surface area (Å²) in [6, 6.07) is 19.0. The fourth-order valence-electron chi connectivity index (χ4n) is 2.39. The molecule has 0 fully saturated rings. The van der Waals surface area contributed by atoms with Crippen molar-refractivity contribution in [3.05, 3.63) is 78.2 Å². The van der Waals surface area contributed by atoms with Crippen molar-refractivity contribution < 1.29 is 13.9 Å². The average molecular weight is 322 g/mol. The maximum absolute atomic E-state index is 12.3. The first-order chi connectivity index (χ1) is 11.8. The Morgan fingerprint density at radius 1 is 1.12 bits per heavy atom. The molecule has 3 aromatic rings. The largest absolute Gasteiger partial charge is 0.444 e. The molecule has 1 N–H and O–H groups in total. The van der Waals surface area contributed by atoms with Crippen molar-refractivity contribution in [2.45, 2.75) is 12.6 Å². The van der Waals surface area contributed by atoms with Crippen LogP contribution in [0.5, 0.6) is 0 Å². The van der Waals surface area contributed by atoms with Crippen LogP contribution in [0.2, 0.25) is 0 Å². The number of nitrogens with zero attached hydrogens (tertiary/aromatic N) is 1. The molecular formula is C19H18N2O3. The molecule has 0 unspecified atom stereocenters. The molecule has 0 bridgehead atoms. The summed E-state index contributed by atoms with van der Waals surface area (Å²) in [4.78, 5) is 16.7. The van der Waals surface area contributed by atoms with Crippen LogP contribution >= 0.6 is 0 Å². The number of amides is 1. The van der Waals surface area contributed by atoms with E-state index in [0.717, 1.165) is 11.1 Å². The van der Waals surface area contributed by atoms with Crippen LogP contribution in [0.25, 0.3) is 11.5 Å². The first kappa shape index (κ1) is 16.0. The van der Waals surface area contributed by atoms with Gasteiger partial charge in [0.05, 0.1) is 12.2 Å². The van der Waals surface area contributed by atoms with Crippen LogP contribution < -0.4 is 5.32 Å². The van der Waals surface area contributed by atoms with Gasteiger partial charge in [0.15, 0.2) is 6.10 Å². The Morgan fingerprint density at radius 2 is 1.79 bits per heavy atom. The predicted octanol–water partition coefficient (Wildman–Crippen LogP) is 3.35. The van der Waals surface area contributed by atoms with Gasteiger partial charge in [0.25, 0.3) is 5.91 Å². The van der Waals surface area contributed by atoms with Crippen molar-refractivity contribution in [2.24, 2.45) is 0 Å². The minimum atomic E-state index is -0.647. The Kier molecular flexibility index (Phi) is 5.03. The molecule has 0 aliphatic carbocycles. The first-order valence-electron chi connectivity index (χ1n) is 7.63. The van der Waals surface area contributed by atoms with Crippen LogP contribution in [-0.4, -0.2) is 18.0 Å². The van der Waals surface area contributed by atoms with E-state index in [0.29, 0.717) is 11.6 Å². The van der Waals surface area contributed by atoms with E-state index in [4.69, 9.17) is 9.15 Å². The zero-order valence-electron chi connectivity index (χ0n) is 13.3. The zero-order valence-corrected chi connectivity index (χ0v) is 13.3. The molecule has 5 heteroatoms. The quantitative estimate of drug-likeness (QED) is 0.756. The third kappa shape index (κ3) is 3.70. The van der Waals surface area contributed by atoms with E-state index in [2.05, 4.69) is 10.3 Å². The van der Waals surface area contributed by atoms with E-state index in [1.165, 1.54) is 7.11 Å². The van der Waals surface area contributed by atoms with Gasteiger partial charge in [-0.15, -0.1) is 0 Å². The Labute approximate surface area is 140 Å². The van der Waals surface area contributed by atoms with Crippen LogP contribution in [0.1, 0.15) is 17.4 Å². The molecule has 1 atom stereocenters. The number of methoxy groups -OCH3 is 1. The van der Waals surface area contributed by atoms with Gasteiger partial charge in [-0.05, 0) is 17.7 Å². The Morgan fingerprint density at radius 3 is 2.46 bits per heavy atom. The van der Waals surface area contributed by atoms with Crippen LogP contribution in [0.4, 0.5) is 0 Å². The smallest absolute Gasteiger partial charge is 0.254 e. The molecule has 122 valence electrons. The number of benzene rings is 2. The molecule has 1 aromatic heterocycles. The topological polar surface area (TPSA) is 64.4 Å². The maximum atomic E-state index is 12.3. The number of rotatable bonds is 6.